The van der Waals surface area contributed by atoms with Crippen LogP contribution in [0.5, 0.6) is 0 Å². The average Bonchev–Trinajstić information content (AvgIpc) is 3.24. The van der Waals surface area contributed by atoms with Gasteiger partial charge in [0.1, 0.15) is 11.6 Å². The topological polar surface area (TPSA) is 63.0 Å². The van der Waals surface area contributed by atoms with Gasteiger partial charge in [0.2, 0.25) is 11.8 Å². The molecule has 1 aromatic carbocycles. The highest BCUT2D eigenvalue weighted by atomic mass is 35.5. The molecule has 0 aliphatic rings. The van der Waals surface area contributed by atoms with E-state index in [1.165, 1.54) is 30.4 Å². The van der Waals surface area contributed by atoms with E-state index in [1.807, 2.05) is 0 Å². The normalized spacial score (nSPS) is 11.4. The van der Waals surface area contributed by atoms with Gasteiger partial charge in [-0.2, -0.15) is 0 Å². The highest BCUT2D eigenvalue weighted by molar-refractivity contribution is 6.19. The van der Waals surface area contributed by atoms with E-state index < -0.39 is 5.41 Å². The first kappa shape index (κ1) is 23.9. The maximum atomic E-state index is 13.3. The van der Waals surface area contributed by atoms with Gasteiger partial charge in [0.05, 0.1) is 31.4 Å². The van der Waals surface area contributed by atoms with Crippen molar-refractivity contribution in [3.8, 4) is 0 Å². The molecule has 0 N–H and O–H groups in total. The number of halogens is 2. The summed E-state index contributed by atoms with van der Waals surface area (Å²) in [6.45, 7) is 4.42. The summed E-state index contributed by atoms with van der Waals surface area (Å²) < 4.78 is 23.7. The van der Waals surface area contributed by atoms with E-state index in [0.29, 0.717) is 12.4 Å². The van der Waals surface area contributed by atoms with Crippen molar-refractivity contribution in [2.75, 3.05) is 32.7 Å². The third kappa shape index (κ3) is 6.85. The van der Waals surface area contributed by atoms with Crippen molar-refractivity contribution in [1.82, 2.24) is 9.80 Å². The number of hydrogen-bond donors (Lipinski definition) is 0. The number of benzene rings is 1. The molecule has 2 rings (SSSR count). The number of carbonyl (C=O) groups excluding carboxylic acids is 2. The molecular weight excluding hydrogens is 411 g/mol. The van der Waals surface area contributed by atoms with Gasteiger partial charge < -0.3 is 19.0 Å². The SMILES string of the molecule is COCCN(CC(=O)N(Cc1ccc(F)cc1)Cc1ccco1)C(=O)C(C)(C)CCl. The van der Waals surface area contributed by atoms with Gasteiger partial charge in [-0.3, -0.25) is 9.59 Å². The zero-order chi connectivity index (χ0) is 22.1. The van der Waals surface area contributed by atoms with Gasteiger partial charge >= 0.3 is 0 Å². The molecule has 6 nitrogen and oxygen atoms in total. The number of rotatable bonds is 11. The Morgan fingerprint density at radius 3 is 2.40 bits per heavy atom. The second-order valence-electron chi connectivity index (χ2n) is 7.69. The molecule has 0 aliphatic heterocycles. The summed E-state index contributed by atoms with van der Waals surface area (Å²) in [7, 11) is 1.54. The van der Waals surface area contributed by atoms with Crippen molar-refractivity contribution < 1.29 is 23.1 Å². The summed E-state index contributed by atoms with van der Waals surface area (Å²) in [5.74, 6) is -0.0772. The minimum Gasteiger partial charge on any atom is -0.467 e. The third-order valence-corrected chi connectivity index (χ3v) is 5.33. The number of carbonyl (C=O) groups is 2. The Hall–Kier alpha value is -2.38. The molecule has 1 heterocycles. The number of hydrogen-bond acceptors (Lipinski definition) is 4. The smallest absolute Gasteiger partial charge is 0.242 e. The van der Waals surface area contributed by atoms with Gasteiger partial charge in [0, 0.05) is 26.1 Å². The Labute approximate surface area is 181 Å². The predicted octanol–water partition coefficient (Wildman–Crippen LogP) is 3.69. The first-order chi connectivity index (χ1) is 14.3. The summed E-state index contributed by atoms with van der Waals surface area (Å²) in [6.07, 6.45) is 1.54. The van der Waals surface area contributed by atoms with Crippen LogP contribution in [-0.4, -0.2) is 54.3 Å². The number of amides is 2. The minimum absolute atomic E-state index is 0.121. The monoisotopic (exact) mass is 438 g/mol. The largest absolute Gasteiger partial charge is 0.467 e. The molecule has 2 amide bonds. The number of ether oxygens (including phenoxy) is 1. The van der Waals surface area contributed by atoms with Gasteiger partial charge in [0.25, 0.3) is 0 Å². The van der Waals surface area contributed by atoms with E-state index in [9.17, 15) is 14.0 Å². The third-order valence-electron chi connectivity index (χ3n) is 4.66. The predicted molar refractivity (Wildman–Crippen MR) is 112 cm³/mol. The van der Waals surface area contributed by atoms with Gasteiger partial charge in [-0.1, -0.05) is 12.1 Å². The van der Waals surface area contributed by atoms with E-state index in [0.717, 1.165) is 5.56 Å². The fourth-order valence-corrected chi connectivity index (χ4v) is 2.95. The molecule has 0 saturated carbocycles. The molecule has 0 spiro atoms. The molecule has 2 aromatic rings. The quantitative estimate of drug-likeness (QED) is 0.502. The van der Waals surface area contributed by atoms with Crippen LogP contribution in [0, 0.1) is 11.2 Å². The summed E-state index contributed by atoms with van der Waals surface area (Å²) >= 11 is 5.96. The van der Waals surface area contributed by atoms with E-state index in [-0.39, 0.29) is 49.7 Å². The van der Waals surface area contributed by atoms with E-state index in [1.54, 1.807) is 43.0 Å². The molecule has 0 unspecified atom stereocenters. The van der Waals surface area contributed by atoms with Crippen LogP contribution in [-0.2, 0) is 27.4 Å². The number of furan rings is 1. The molecule has 164 valence electrons. The Morgan fingerprint density at radius 2 is 1.83 bits per heavy atom. The van der Waals surface area contributed by atoms with Crippen molar-refractivity contribution >= 4 is 23.4 Å². The number of alkyl halides is 1. The Morgan fingerprint density at radius 1 is 1.13 bits per heavy atom. The van der Waals surface area contributed by atoms with Crippen molar-refractivity contribution in [1.29, 1.82) is 0 Å². The molecule has 30 heavy (non-hydrogen) atoms. The van der Waals surface area contributed by atoms with Crippen LogP contribution >= 0.6 is 11.6 Å². The first-order valence-corrected chi connectivity index (χ1v) is 10.2. The maximum Gasteiger partial charge on any atom is 0.242 e. The highest BCUT2D eigenvalue weighted by Gasteiger charge is 2.33. The second-order valence-corrected chi connectivity index (χ2v) is 7.96. The molecule has 0 aliphatic carbocycles. The molecule has 0 bridgehead atoms. The van der Waals surface area contributed by atoms with Crippen molar-refractivity contribution in [2.24, 2.45) is 5.41 Å². The zero-order valence-electron chi connectivity index (χ0n) is 17.6. The second kappa shape index (κ2) is 11.1. The van der Waals surface area contributed by atoms with Crippen LogP contribution in [0.25, 0.3) is 0 Å². The van der Waals surface area contributed by atoms with Crippen LogP contribution in [0.2, 0.25) is 0 Å². The van der Waals surface area contributed by atoms with Gasteiger partial charge in [-0.15, -0.1) is 11.6 Å². The van der Waals surface area contributed by atoms with Crippen LogP contribution in [0.1, 0.15) is 25.2 Å². The lowest BCUT2D eigenvalue weighted by Gasteiger charge is -2.32. The lowest BCUT2D eigenvalue weighted by molar-refractivity contribution is -0.146. The van der Waals surface area contributed by atoms with Crippen LogP contribution in [0.3, 0.4) is 0 Å². The fraction of sp³-hybridized carbons (Fsp3) is 0.455. The summed E-state index contributed by atoms with van der Waals surface area (Å²) in [5.41, 5.74) is -0.0366. The zero-order valence-corrected chi connectivity index (χ0v) is 18.3. The van der Waals surface area contributed by atoms with Crippen molar-refractivity contribution in [3.05, 3.63) is 59.8 Å². The average molecular weight is 439 g/mol. The number of methoxy groups -OCH3 is 1. The fourth-order valence-electron chi connectivity index (χ4n) is 2.84. The number of nitrogens with zero attached hydrogens (tertiary/aromatic N) is 2. The standard InChI is InChI=1S/C22H28ClFN2O4/c1-22(2,16-23)21(28)25(10-12-29-3)15-20(27)26(14-19-5-4-11-30-19)13-17-6-8-18(24)9-7-17/h4-9,11H,10,12-16H2,1-3H3. The molecule has 0 saturated heterocycles. The maximum absolute atomic E-state index is 13.3. The highest BCUT2D eigenvalue weighted by Crippen LogP contribution is 2.21. The van der Waals surface area contributed by atoms with Gasteiger partial charge in [-0.05, 0) is 43.7 Å². The Kier molecular flexibility index (Phi) is 8.87. The summed E-state index contributed by atoms with van der Waals surface area (Å²) in [4.78, 5) is 29.1. The molecule has 0 fully saturated rings. The molecular formula is C22H28ClFN2O4. The first-order valence-electron chi connectivity index (χ1n) is 9.65. The van der Waals surface area contributed by atoms with Gasteiger partial charge in [0.15, 0.2) is 0 Å². The Balaban J connectivity index is 2.20. The molecule has 0 atom stereocenters. The molecule has 1 aromatic heterocycles. The minimum atomic E-state index is -0.807. The Bertz CT molecular complexity index is 809. The van der Waals surface area contributed by atoms with Crippen LogP contribution < -0.4 is 0 Å². The van der Waals surface area contributed by atoms with E-state index in [4.69, 9.17) is 20.8 Å². The molecule has 8 heteroatoms. The molecule has 0 radical (unpaired) electrons. The van der Waals surface area contributed by atoms with Gasteiger partial charge in [-0.25, -0.2) is 4.39 Å². The van der Waals surface area contributed by atoms with Crippen LogP contribution in [0.4, 0.5) is 4.39 Å². The summed E-state index contributed by atoms with van der Waals surface area (Å²) in [5, 5.41) is 0. The lowest BCUT2D eigenvalue weighted by Crippen LogP contribution is -2.48. The van der Waals surface area contributed by atoms with Crippen molar-refractivity contribution in [3.63, 3.8) is 0 Å². The van der Waals surface area contributed by atoms with E-state index >= 15 is 0 Å². The lowest BCUT2D eigenvalue weighted by atomic mass is 9.94. The van der Waals surface area contributed by atoms with Crippen molar-refractivity contribution in [2.45, 2.75) is 26.9 Å². The van der Waals surface area contributed by atoms with E-state index in [2.05, 4.69) is 0 Å². The summed E-state index contributed by atoms with van der Waals surface area (Å²) in [6, 6.07) is 9.47. The van der Waals surface area contributed by atoms with Crippen LogP contribution in [0.15, 0.2) is 47.1 Å².